The summed E-state index contributed by atoms with van der Waals surface area (Å²) in [5.41, 5.74) is 6.93. The fraction of sp³-hybridized carbons (Fsp3) is 0.583. The second-order valence-electron chi connectivity index (χ2n) is 5.36. The number of imidazole rings is 1. The number of aromatic nitrogens is 4. The minimum atomic E-state index is -0.499. The Labute approximate surface area is 119 Å². The van der Waals surface area contributed by atoms with Crippen molar-refractivity contribution in [1.29, 1.82) is 0 Å². The van der Waals surface area contributed by atoms with Crippen molar-refractivity contribution in [1.82, 2.24) is 19.5 Å². The molecule has 0 aromatic carbocycles. The van der Waals surface area contributed by atoms with Gasteiger partial charge in [0.2, 0.25) is 0 Å². The van der Waals surface area contributed by atoms with Gasteiger partial charge in [-0.1, -0.05) is 0 Å². The van der Waals surface area contributed by atoms with Crippen LogP contribution in [0.2, 0.25) is 0 Å². The number of hydrogen-bond donors (Lipinski definition) is 2. The lowest BCUT2D eigenvalue weighted by Gasteiger charge is -2.42. The van der Waals surface area contributed by atoms with E-state index in [0.29, 0.717) is 17.0 Å². The van der Waals surface area contributed by atoms with E-state index in [0.717, 1.165) is 12.8 Å². The van der Waals surface area contributed by atoms with Gasteiger partial charge in [0.05, 0.1) is 23.9 Å². The van der Waals surface area contributed by atoms with Crippen LogP contribution in [0, 0.1) is 5.92 Å². The van der Waals surface area contributed by atoms with Gasteiger partial charge in [-0.3, -0.25) is 4.57 Å². The molecular weight excluding hydrogens is 282 g/mol. The molecule has 0 amide bonds. The Kier molecular flexibility index (Phi) is 2.48. The van der Waals surface area contributed by atoms with Gasteiger partial charge in [-0.05, 0) is 12.8 Å². The van der Waals surface area contributed by atoms with Crippen molar-refractivity contribution < 1.29 is 9.84 Å². The highest BCUT2D eigenvalue weighted by molar-refractivity contribution is 6.25. The molecule has 0 bridgehead atoms. The van der Waals surface area contributed by atoms with Crippen LogP contribution in [-0.2, 0) is 4.74 Å². The number of nitrogen functional groups attached to an aromatic ring is 1. The Morgan fingerprint density at radius 2 is 2.35 bits per heavy atom. The zero-order valence-corrected chi connectivity index (χ0v) is 11.4. The maximum absolute atomic E-state index is 9.42. The minimum Gasteiger partial charge on any atom is -0.394 e. The molecule has 0 unspecified atom stereocenters. The summed E-state index contributed by atoms with van der Waals surface area (Å²) in [6, 6.07) is 0. The summed E-state index contributed by atoms with van der Waals surface area (Å²) in [5, 5.41) is 9.42. The molecule has 2 aliphatic rings. The third-order valence-corrected chi connectivity index (χ3v) is 5.09. The zero-order valence-electron chi connectivity index (χ0n) is 10.6. The molecule has 2 aromatic rings. The molecule has 4 atom stereocenters. The Morgan fingerprint density at radius 1 is 1.50 bits per heavy atom. The fourth-order valence-corrected chi connectivity index (χ4v) is 3.79. The van der Waals surface area contributed by atoms with Crippen molar-refractivity contribution in [3.05, 3.63) is 12.7 Å². The Bertz CT molecular complexity index is 677. The summed E-state index contributed by atoms with van der Waals surface area (Å²) in [5.74, 6) is 0.495. The number of ether oxygens (including phenoxy) is 1. The Hall–Kier alpha value is -1.44. The van der Waals surface area contributed by atoms with Crippen LogP contribution in [0.1, 0.15) is 19.1 Å². The number of aliphatic hydroxyl groups is 1. The molecule has 2 fully saturated rings. The summed E-state index contributed by atoms with van der Waals surface area (Å²) in [7, 11) is 0. The Morgan fingerprint density at radius 3 is 3.00 bits per heavy atom. The van der Waals surface area contributed by atoms with Crippen molar-refractivity contribution in [3.8, 4) is 0 Å². The first-order valence-electron chi connectivity index (χ1n) is 6.53. The van der Waals surface area contributed by atoms with Crippen LogP contribution in [0.4, 0.5) is 5.82 Å². The van der Waals surface area contributed by atoms with E-state index in [2.05, 4.69) is 15.0 Å². The van der Waals surface area contributed by atoms with E-state index >= 15 is 0 Å². The van der Waals surface area contributed by atoms with Gasteiger partial charge in [0.25, 0.3) is 0 Å². The average Bonchev–Trinajstić information content (AvgIpc) is 2.93. The SMILES string of the molecule is Nc1ncnc2c1ncn2[C@H]1O[C@H](CO)[C@H]2CC[C@]21Cl. The molecule has 0 spiro atoms. The first-order chi connectivity index (χ1) is 9.65. The van der Waals surface area contributed by atoms with Crippen LogP contribution in [0.15, 0.2) is 12.7 Å². The molecule has 1 saturated carbocycles. The molecular formula is C12H14ClN5O2. The topological polar surface area (TPSA) is 99.1 Å². The predicted octanol–water partition coefficient (Wildman–Crippen LogP) is 0.686. The van der Waals surface area contributed by atoms with Crippen LogP contribution in [0.25, 0.3) is 11.2 Å². The number of aliphatic hydroxyl groups excluding tert-OH is 1. The molecule has 8 heteroatoms. The van der Waals surface area contributed by atoms with Crippen molar-refractivity contribution in [2.75, 3.05) is 12.3 Å². The van der Waals surface area contributed by atoms with Gasteiger partial charge in [-0.15, -0.1) is 11.6 Å². The number of fused-ring (bicyclic) bond motifs is 2. The summed E-state index contributed by atoms with van der Waals surface area (Å²) < 4.78 is 7.73. The number of alkyl halides is 1. The second kappa shape index (κ2) is 4.03. The summed E-state index contributed by atoms with van der Waals surface area (Å²) in [4.78, 5) is 11.9. The minimum absolute atomic E-state index is 0.0284. The van der Waals surface area contributed by atoms with E-state index in [4.69, 9.17) is 22.1 Å². The molecule has 3 heterocycles. The highest BCUT2D eigenvalue weighted by atomic mass is 35.5. The van der Waals surface area contributed by atoms with E-state index in [-0.39, 0.29) is 24.9 Å². The predicted molar refractivity (Wildman–Crippen MR) is 72.0 cm³/mol. The lowest BCUT2D eigenvalue weighted by molar-refractivity contribution is -0.0282. The monoisotopic (exact) mass is 295 g/mol. The largest absolute Gasteiger partial charge is 0.394 e. The maximum atomic E-state index is 9.42. The number of nitrogens with two attached hydrogens (primary N) is 1. The van der Waals surface area contributed by atoms with E-state index in [1.165, 1.54) is 6.33 Å². The van der Waals surface area contributed by atoms with Crippen LogP contribution in [0.3, 0.4) is 0 Å². The third-order valence-electron chi connectivity index (χ3n) is 4.44. The van der Waals surface area contributed by atoms with Gasteiger partial charge < -0.3 is 15.6 Å². The second-order valence-corrected chi connectivity index (χ2v) is 6.07. The van der Waals surface area contributed by atoms with E-state index < -0.39 is 4.87 Å². The quantitative estimate of drug-likeness (QED) is 0.791. The first-order valence-corrected chi connectivity index (χ1v) is 6.91. The van der Waals surface area contributed by atoms with Crippen molar-refractivity contribution in [2.45, 2.75) is 30.0 Å². The highest BCUT2D eigenvalue weighted by Crippen LogP contribution is 2.59. The van der Waals surface area contributed by atoms with Gasteiger partial charge in [-0.2, -0.15) is 0 Å². The summed E-state index contributed by atoms with van der Waals surface area (Å²) >= 11 is 6.72. The van der Waals surface area contributed by atoms with Crippen molar-refractivity contribution in [2.24, 2.45) is 5.92 Å². The number of hydrogen-bond acceptors (Lipinski definition) is 6. The van der Waals surface area contributed by atoms with Crippen LogP contribution in [0.5, 0.6) is 0 Å². The molecule has 106 valence electrons. The molecule has 1 saturated heterocycles. The first kappa shape index (κ1) is 12.3. The van der Waals surface area contributed by atoms with Gasteiger partial charge in [-0.25, -0.2) is 15.0 Å². The number of halogens is 1. The molecule has 20 heavy (non-hydrogen) atoms. The number of nitrogens with zero attached hydrogens (tertiary/aromatic N) is 4. The van der Waals surface area contributed by atoms with Crippen LogP contribution in [-0.4, -0.2) is 42.2 Å². The number of rotatable bonds is 2. The van der Waals surface area contributed by atoms with Crippen LogP contribution < -0.4 is 5.73 Å². The van der Waals surface area contributed by atoms with E-state index in [1.54, 1.807) is 10.9 Å². The molecule has 4 rings (SSSR count). The third kappa shape index (κ3) is 1.40. The van der Waals surface area contributed by atoms with Gasteiger partial charge in [0.15, 0.2) is 17.7 Å². The van der Waals surface area contributed by atoms with Crippen LogP contribution >= 0.6 is 11.6 Å². The maximum Gasteiger partial charge on any atom is 0.167 e. The molecule has 7 nitrogen and oxygen atoms in total. The summed E-state index contributed by atoms with van der Waals surface area (Å²) in [6.45, 7) is -0.0284. The van der Waals surface area contributed by atoms with Gasteiger partial charge in [0, 0.05) is 5.92 Å². The van der Waals surface area contributed by atoms with Crippen molar-refractivity contribution in [3.63, 3.8) is 0 Å². The molecule has 3 N–H and O–H groups in total. The lowest BCUT2D eigenvalue weighted by Crippen LogP contribution is -2.46. The summed E-state index contributed by atoms with van der Waals surface area (Å²) in [6.07, 6.45) is 4.21. The fourth-order valence-electron chi connectivity index (χ4n) is 3.27. The van der Waals surface area contributed by atoms with Gasteiger partial charge >= 0.3 is 0 Å². The van der Waals surface area contributed by atoms with Gasteiger partial charge in [0.1, 0.15) is 11.8 Å². The number of anilines is 1. The smallest absolute Gasteiger partial charge is 0.167 e. The standard InChI is InChI=1S/C12H14ClN5O2/c13-12-2-1-6(12)7(3-19)20-11(12)18-5-17-8-9(14)15-4-16-10(8)18/h4-7,11,19H,1-3H2,(H2,14,15,16)/t6-,7-,11+,12+/m1/s1. The lowest BCUT2D eigenvalue weighted by atomic mass is 9.71. The Balaban J connectivity index is 1.82. The zero-order chi connectivity index (χ0) is 13.9. The normalized spacial score (nSPS) is 36.0. The van der Waals surface area contributed by atoms with Crippen molar-refractivity contribution >= 4 is 28.6 Å². The molecule has 1 aliphatic carbocycles. The average molecular weight is 296 g/mol. The highest BCUT2D eigenvalue weighted by Gasteiger charge is 2.61. The van der Waals surface area contributed by atoms with E-state index in [9.17, 15) is 5.11 Å². The molecule has 1 aliphatic heterocycles. The van der Waals surface area contributed by atoms with E-state index in [1.807, 2.05) is 0 Å². The molecule has 0 radical (unpaired) electrons. The molecule has 2 aromatic heterocycles.